The van der Waals surface area contributed by atoms with Gasteiger partial charge in [0.15, 0.2) is 5.11 Å². The minimum absolute atomic E-state index is 0.166. The van der Waals surface area contributed by atoms with E-state index in [1.54, 1.807) is 0 Å². The van der Waals surface area contributed by atoms with Crippen LogP contribution in [0.1, 0.15) is 16.7 Å². The molecule has 5 heteroatoms. The Morgan fingerprint density at radius 1 is 1.00 bits per heavy atom. The highest BCUT2D eigenvalue weighted by molar-refractivity contribution is 7.80. The van der Waals surface area contributed by atoms with Gasteiger partial charge in [0.25, 0.3) is 0 Å². The van der Waals surface area contributed by atoms with Gasteiger partial charge in [0.05, 0.1) is 11.4 Å². The molecule has 1 aromatic heterocycles. The quantitative estimate of drug-likeness (QED) is 0.690. The highest BCUT2D eigenvalue weighted by atomic mass is 32.1. The van der Waals surface area contributed by atoms with E-state index in [1.807, 2.05) is 6.07 Å². The van der Waals surface area contributed by atoms with Crippen molar-refractivity contribution >= 4 is 23.3 Å². The van der Waals surface area contributed by atoms with Gasteiger partial charge in [0.1, 0.15) is 0 Å². The third-order valence-corrected chi connectivity index (χ3v) is 4.59. The zero-order valence-electron chi connectivity index (χ0n) is 13.9. The molecular weight excluding hydrogens is 328 g/mol. The Bertz CT molecular complexity index is 964. The Morgan fingerprint density at radius 2 is 1.72 bits per heavy atom. The van der Waals surface area contributed by atoms with Crippen molar-refractivity contribution in [3.05, 3.63) is 65.2 Å². The van der Waals surface area contributed by atoms with Crippen LogP contribution in [0.15, 0.2) is 48.5 Å². The smallest absolute Gasteiger partial charge is 0.230 e. The molecule has 0 spiro atoms. The SMILES string of the molecule is Cc1ccc(-c2nc(NC(N)=S)nc3c2CCc2ccccc2-3)cc1. The Labute approximate surface area is 152 Å². The number of benzene rings is 2. The van der Waals surface area contributed by atoms with E-state index in [-0.39, 0.29) is 5.11 Å². The number of anilines is 1. The second kappa shape index (κ2) is 6.26. The first-order valence-electron chi connectivity index (χ1n) is 8.24. The van der Waals surface area contributed by atoms with Gasteiger partial charge in [-0.2, -0.15) is 0 Å². The summed E-state index contributed by atoms with van der Waals surface area (Å²) in [5.74, 6) is 0.443. The van der Waals surface area contributed by atoms with Gasteiger partial charge in [-0.3, -0.25) is 0 Å². The summed E-state index contributed by atoms with van der Waals surface area (Å²) in [4.78, 5) is 9.42. The summed E-state index contributed by atoms with van der Waals surface area (Å²) in [5.41, 5.74) is 13.5. The monoisotopic (exact) mass is 346 g/mol. The molecule has 0 aliphatic heterocycles. The van der Waals surface area contributed by atoms with Crippen molar-refractivity contribution in [1.82, 2.24) is 9.97 Å². The van der Waals surface area contributed by atoms with Crippen LogP contribution in [0.25, 0.3) is 22.5 Å². The van der Waals surface area contributed by atoms with Gasteiger partial charge in [0.2, 0.25) is 5.95 Å². The zero-order valence-corrected chi connectivity index (χ0v) is 14.7. The Hall–Kier alpha value is -2.79. The lowest BCUT2D eigenvalue weighted by Gasteiger charge is -2.22. The number of rotatable bonds is 2. The minimum Gasteiger partial charge on any atom is -0.376 e. The molecule has 1 aliphatic carbocycles. The first-order chi connectivity index (χ1) is 12.1. The van der Waals surface area contributed by atoms with Crippen LogP contribution < -0.4 is 11.1 Å². The lowest BCUT2D eigenvalue weighted by molar-refractivity contribution is 0.916. The maximum Gasteiger partial charge on any atom is 0.230 e. The number of nitrogens with one attached hydrogen (secondary N) is 1. The molecule has 0 amide bonds. The van der Waals surface area contributed by atoms with Gasteiger partial charge in [0, 0.05) is 16.7 Å². The molecule has 1 aliphatic rings. The largest absolute Gasteiger partial charge is 0.376 e. The topological polar surface area (TPSA) is 63.8 Å². The van der Waals surface area contributed by atoms with Crippen molar-refractivity contribution in [3.63, 3.8) is 0 Å². The molecule has 4 nitrogen and oxygen atoms in total. The fraction of sp³-hybridized carbons (Fsp3) is 0.150. The molecule has 0 fully saturated rings. The van der Waals surface area contributed by atoms with Crippen LogP contribution in [-0.4, -0.2) is 15.1 Å². The van der Waals surface area contributed by atoms with Crippen LogP contribution in [0.5, 0.6) is 0 Å². The summed E-state index contributed by atoms with van der Waals surface area (Å²) < 4.78 is 0. The molecule has 0 unspecified atom stereocenters. The van der Waals surface area contributed by atoms with Crippen LogP contribution in [0, 0.1) is 6.92 Å². The molecule has 0 saturated carbocycles. The molecular formula is C20H18N4S. The molecule has 0 atom stereocenters. The van der Waals surface area contributed by atoms with Crippen LogP contribution in [0.4, 0.5) is 5.95 Å². The number of aromatic nitrogens is 2. The maximum absolute atomic E-state index is 5.64. The third-order valence-electron chi connectivity index (χ3n) is 4.48. The van der Waals surface area contributed by atoms with Crippen LogP contribution in [-0.2, 0) is 12.8 Å². The van der Waals surface area contributed by atoms with E-state index < -0.39 is 0 Å². The van der Waals surface area contributed by atoms with Gasteiger partial charge in [-0.25, -0.2) is 9.97 Å². The second-order valence-corrected chi connectivity index (χ2v) is 6.68. The van der Waals surface area contributed by atoms with E-state index in [9.17, 15) is 0 Å². The van der Waals surface area contributed by atoms with Crippen molar-refractivity contribution in [2.45, 2.75) is 19.8 Å². The number of thiocarbonyl (C=S) groups is 1. The number of nitrogens with two attached hydrogens (primary N) is 1. The number of hydrogen-bond acceptors (Lipinski definition) is 3. The van der Waals surface area contributed by atoms with Gasteiger partial charge >= 0.3 is 0 Å². The van der Waals surface area contributed by atoms with Crippen molar-refractivity contribution in [3.8, 4) is 22.5 Å². The van der Waals surface area contributed by atoms with Gasteiger partial charge in [-0.15, -0.1) is 0 Å². The molecule has 3 aromatic rings. The Morgan fingerprint density at radius 3 is 2.48 bits per heavy atom. The van der Waals surface area contributed by atoms with E-state index in [1.165, 1.54) is 16.7 Å². The van der Waals surface area contributed by atoms with Crippen molar-refractivity contribution in [1.29, 1.82) is 0 Å². The van der Waals surface area contributed by atoms with E-state index >= 15 is 0 Å². The first-order valence-corrected chi connectivity index (χ1v) is 8.65. The fourth-order valence-electron chi connectivity index (χ4n) is 3.29. The summed E-state index contributed by atoms with van der Waals surface area (Å²) in [5, 5.41) is 3.06. The lowest BCUT2D eigenvalue weighted by Crippen LogP contribution is -2.22. The van der Waals surface area contributed by atoms with E-state index in [0.717, 1.165) is 35.4 Å². The van der Waals surface area contributed by atoms with Gasteiger partial charge in [-0.1, -0.05) is 54.1 Å². The molecule has 0 saturated heterocycles. The predicted octanol–water partition coefficient (Wildman–Crippen LogP) is 3.87. The molecule has 4 rings (SSSR count). The second-order valence-electron chi connectivity index (χ2n) is 6.24. The highest BCUT2D eigenvalue weighted by Crippen LogP contribution is 2.37. The fourth-order valence-corrected chi connectivity index (χ4v) is 3.38. The minimum atomic E-state index is 0.166. The summed E-state index contributed by atoms with van der Waals surface area (Å²) in [6.07, 6.45) is 1.91. The number of aryl methyl sites for hydroxylation is 2. The maximum atomic E-state index is 5.64. The predicted molar refractivity (Wildman–Crippen MR) is 105 cm³/mol. The highest BCUT2D eigenvalue weighted by Gasteiger charge is 2.23. The first kappa shape index (κ1) is 15.7. The average molecular weight is 346 g/mol. The molecule has 1 heterocycles. The summed E-state index contributed by atoms with van der Waals surface area (Å²) >= 11 is 4.97. The van der Waals surface area contributed by atoms with Gasteiger partial charge < -0.3 is 11.1 Å². The molecule has 0 bridgehead atoms. The average Bonchev–Trinajstić information content (AvgIpc) is 2.61. The van der Waals surface area contributed by atoms with Crippen molar-refractivity contribution in [2.75, 3.05) is 5.32 Å². The molecule has 2 aromatic carbocycles. The van der Waals surface area contributed by atoms with E-state index in [2.05, 4.69) is 54.7 Å². The summed E-state index contributed by atoms with van der Waals surface area (Å²) in [6, 6.07) is 16.8. The summed E-state index contributed by atoms with van der Waals surface area (Å²) in [6.45, 7) is 2.08. The lowest BCUT2D eigenvalue weighted by atomic mass is 9.87. The number of nitrogens with zero attached hydrogens (tertiary/aromatic N) is 2. The summed E-state index contributed by atoms with van der Waals surface area (Å²) in [7, 11) is 0. The third kappa shape index (κ3) is 2.98. The molecule has 0 radical (unpaired) electrons. The van der Waals surface area contributed by atoms with Crippen LogP contribution >= 0.6 is 12.2 Å². The normalized spacial score (nSPS) is 12.2. The molecule has 3 N–H and O–H groups in total. The van der Waals surface area contributed by atoms with E-state index in [4.69, 9.17) is 27.9 Å². The Kier molecular flexibility index (Phi) is 3.93. The van der Waals surface area contributed by atoms with Crippen LogP contribution in [0.3, 0.4) is 0 Å². The molecule has 124 valence electrons. The van der Waals surface area contributed by atoms with E-state index in [0.29, 0.717) is 5.95 Å². The number of fused-ring (bicyclic) bond motifs is 3. The number of hydrogen-bond donors (Lipinski definition) is 2. The zero-order chi connectivity index (χ0) is 17.4. The van der Waals surface area contributed by atoms with Gasteiger partial charge in [-0.05, 0) is 37.5 Å². The van der Waals surface area contributed by atoms with Crippen molar-refractivity contribution in [2.24, 2.45) is 5.73 Å². The molecule has 25 heavy (non-hydrogen) atoms. The standard InChI is InChI=1S/C20H18N4S/c1-12-6-8-14(9-7-12)17-16-11-10-13-4-2-3-5-15(13)18(16)23-20(22-17)24-19(21)25/h2-9H,10-11H2,1H3,(H3,21,22,23,24,25). The van der Waals surface area contributed by atoms with Crippen LogP contribution in [0.2, 0.25) is 0 Å². The Balaban J connectivity index is 1.95. The van der Waals surface area contributed by atoms with Crippen molar-refractivity contribution < 1.29 is 0 Å².